The molecule has 2 aromatic heterocycles. The average Bonchev–Trinajstić information content (AvgIpc) is 3.55. The molecule has 7 rings (SSSR count). The Morgan fingerprint density at radius 3 is 2.67 bits per heavy atom. The summed E-state index contributed by atoms with van der Waals surface area (Å²) in [5.74, 6) is -2.47. The third-order valence-electron chi connectivity index (χ3n) is 9.89. The highest BCUT2D eigenvalue weighted by molar-refractivity contribution is 5.97. The molecule has 3 fully saturated rings. The van der Waals surface area contributed by atoms with E-state index in [1.54, 1.807) is 11.8 Å². The Labute approximate surface area is 259 Å². The standard InChI is InChI=1S/C30H32F7N7O2/c1-13-20(30(35,36)37)15(10-16(38)21(13)31)23-22(32)24-19-26(43-9-7-39-11-18(43)14(2)46-27(19)40-23)42-28(41-24)45-12-29-5-3-8-44(29)17(4-6-29)25(33)34/h10,14,17-18,25,39H,3-9,11-12,38H2,1-2H3/t14-,17+,18-,29-/m0/s1. The normalized spacial score (nSPS) is 26.3. The molecule has 3 aromatic rings. The molecule has 4 atom stereocenters. The number of pyridine rings is 1. The van der Waals surface area contributed by atoms with Crippen molar-refractivity contribution in [3.8, 4) is 23.1 Å². The number of anilines is 2. The number of nitrogen functional groups attached to an aromatic ring is 1. The molecule has 3 N–H and O–H groups in total. The van der Waals surface area contributed by atoms with E-state index in [1.807, 2.05) is 4.90 Å². The summed E-state index contributed by atoms with van der Waals surface area (Å²) in [6.07, 6.45) is -6.05. The maximum Gasteiger partial charge on any atom is 0.417 e. The number of hydrogen-bond acceptors (Lipinski definition) is 9. The Hall–Kier alpha value is -3.66. The number of nitrogens with zero attached hydrogens (tertiary/aromatic N) is 5. The highest BCUT2D eigenvalue weighted by Crippen LogP contribution is 2.47. The zero-order valence-corrected chi connectivity index (χ0v) is 25.0. The number of halogens is 7. The summed E-state index contributed by atoms with van der Waals surface area (Å²) in [6, 6.07) is -0.768. The lowest BCUT2D eigenvalue weighted by Crippen LogP contribution is -2.56. The first kappa shape index (κ1) is 31.0. The fraction of sp³-hybridized carbons (Fsp3) is 0.567. The number of nitrogens with two attached hydrogens (primary N) is 1. The van der Waals surface area contributed by atoms with Gasteiger partial charge in [-0.05, 0) is 57.7 Å². The first-order valence-corrected chi connectivity index (χ1v) is 15.2. The quantitative estimate of drug-likeness (QED) is 0.288. The summed E-state index contributed by atoms with van der Waals surface area (Å²) >= 11 is 0. The molecule has 0 amide bonds. The number of rotatable bonds is 5. The number of aromatic nitrogens is 3. The van der Waals surface area contributed by atoms with Crippen LogP contribution in [0.4, 0.5) is 42.2 Å². The van der Waals surface area contributed by atoms with Crippen molar-refractivity contribution in [2.75, 3.05) is 43.4 Å². The van der Waals surface area contributed by atoms with Crippen molar-refractivity contribution in [3.63, 3.8) is 0 Å². The van der Waals surface area contributed by atoms with Crippen molar-refractivity contribution < 1.29 is 40.2 Å². The van der Waals surface area contributed by atoms with Crippen LogP contribution in [0.1, 0.15) is 43.7 Å². The average molecular weight is 656 g/mol. The third-order valence-corrected chi connectivity index (χ3v) is 9.89. The van der Waals surface area contributed by atoms with Crippen molar-refractivity contribution in [1.82, 2.24) is 25.2 Å². The first-order chi connectivity index (χ1) is 21.8. The zero-order valence-electron chi connectivity index (χ0n) is 25.0. The molecule has 16 heteroatoms. The highest BCUT2D eigenvalue weighted by atomic mass is 19.4. The van der Waals surface area contributed by atoms with E-state index in [0.717, 1.165) is 6.92 Å². The second kappa shape index (κ2) is 11.0. The topological polar surface area (TPSA) is 102 Å². The van der Waals surface area contributed by atoms with Crippen molar-refractivity contribution in [2.24, 2.45) is 0 Å². The Morgan fingerprint density at radius 1 is 1.15 bits per heavy atom. The molecule has 1 aromatic carbocycles. The molecule has 0 radical (unpaired) electrons. The number of ether oxygens (including phenoxy) is 2. The van der Waals surface area contributed by atoms with Crippen LogP contribution in [0.3, 0.4) is 0 Å². The smallest absolute Gasteiger partial charge is 0.417 e. The molecule has 6 heterocycles. The van der Waals surface area contributed by atoms with Gasteiger partial charge in [0.05, 0.1) is 28.9 Å². The van der Waals surface area contributed by atoms with E-state index in [2.05, 4.69) is 20.3 Å². The van der Waals surface area contributed by atoms with Crippen molar-refractivity contribution in [3.05, 3.63) is 28.8 Å². The molecule has 0 saturated carbocycles. The third kappa shape index (κ3) is 4.78. The van der Waals surface area contributed by atoms with Gasteiger partial charge in [-0.3, -0.25) is 4.90 Å². The molecule has 4 aliphatic heterocycles. The van der Waals surface area contributed by atoms with Crippen LogP contribution in [-0.4, -0.2) is 82.8 Å². The second-order valence-corrected chi connectivity index (χ2v) is 12.5. The Kier molecular flexibility index (Phi) is 7.38. The van der Waals surface area contributed by atoms with Gasteiger partial charge in [0.15, 0.2) is 5.82 Å². The fourth-order valence-electron chi connectivity index (χ4n) is 7.68. The van der Waals surface area contributed by atoms with Crippen LogP contribution in [0.15, 0.2) is 6.07 Å². The fourth-order valence-corrected chi connectivity index (χ4v) is 7.68. The lowest BCUT2D eigenvalue weighted by Gasteiger charge is -2.38. The molecule has 0 bridgehead atoms. The van der Waals surface area contributed by atoms with Gasteiger partial charge in [0.2, 0.25) is 5.88 Å². The number of nitrogens with one attached hydrogen (secondary N) is 1. The van der Waals surface area contributed by atoms with Gasteiger partial charge >= 0.3 is 12.2 Å². The minimum absolute atomic E-state index is 0.0304. The maximum absolute atomic E-state index is 16.6. The van der Waals surface area contributed by atoms with Crippen molar-refractivity contribution in [2.45, 2.75) is 75.9 Å². The maximum atomic E-state index is 16.6. The van der Waals surface area contributed by atoms with Crippen molar-refractivity contribution >= 4 is 22.4 Å². The monoisotopic (exact) mass is 655 g/mol. The van der Waals surface area contributed by atoms with E-state index in [1.165, 1.54) is 0 Å². The van der Waals surface area contributed by atoms with E-state index < -0.39 is 75.5 Å². The Morgan fingerprint density at radius 2 is 1.93 bits per heavy atom. The summed E-state index contributed by atoms with van der Waals surface area (Å²) in [5.41, 5.74) is 0.256. The lowest BCUT2D eigenvalue weighted by atomic mass is 9.95. The van der Waals surface area contributed by atoms with Crippen LogP contribution < -0.4 is 25.4 Å². The molecular formula is C30H32F7N7O2. The molecule has 248 valence electrons. The van der Waals surface area contributed by atoms with Crippen LogP contribution in [0.25, 0.3) is 22.2 Å². The minimum atomic E-state index is -5.08. The molecule has 0 unspecified atom stereocenters. The largest absolute Gasteiger partial charge is 0.472 e. The van der Waals surface area contributed by atoms with E-state index in [-0.39, 0.29) is 35.7 Å². The van der Waals surface area contributed by atoms with Crippen molar-refractivity contribution in [1.29, 1.82) is 0 Å². The van der Waals surface area contributed by atoms with Crippen LogP contribution in [-0.2, 0) is 6.18 Å². The van der Waals surface area contributed by atoms with Crippen LogP contribution >= 0.6 is 0 Å². The predicted molar refractivity (Wildman–Crippen MR) is 154 cm³/mol. The molecule has 4 aliphatic rings. The molecule has 9 nitrogen and oxygen atoms in total. The van der Waals surface area contributed by atoms with Crippen LogP contribution in [0.5, 0.6) is 11.9 Å². The van der Waals surface area contributed by atoms with Gasteiger partial charge < -0.3 is 25.4 Å². The number of benzene rings is 1. The number of fused-ring (bicyclic) bond motifs is 3. The molecule has 3 saturated heterocycles. The van der Waals surface area contributed by atoms with Gasteiger partial charge in [-0.1, -0.05) is 0 Å². The van der Waals surface area contributed by atoms with Gasteiger partial charge in [0.25, 0.3) is 6.43 Å². The molecule has 0 spiro atoms. The summed E-state index contributed by atoms with van der Waals surface area (Å²) in [6.45, 7) is 4.59. The number of hydrogen-bond donors (Lipinski definition) is 2. The zero-order chi connectivity index (χ0) is 32.7. The lowest BCUT2D eigenvalue weighted by molar-refractivity contribution is -0.137. The van der Waals surface area contributed by atoms with Gasteiger partial charge in [0, 0.05) is 25.2 Å². The molecular weight excluding hydrogens is 623 g/mol. The summed E-state index contributed by atoms with van der Waals surface area (Å²) in [5, 5.41) is 3.32. The number of alkyl halides is 5. The SMILES string of the molecule is Cc1c(F)c(N)cc(-c2nc3c4c(nc(OC[C@@]56CCCN5[C@@H](C(F)F)CC6)nc4c2F)N2CCNC[C@H]2[C@H](C)O3)c1C(F)(F)F. The van der Waals surface area contributed by atoms with E-state index in [9.17, 15) is 26.3 Å². The number of piperazine rings is 1. The van der Waals surface area contributed by atoms with E-state index in [0.29, 0.717) is 57.9 Å². The van der Waals surface area contributed by atoms with Gasteiger partial charge in [-0.25, -0.2) is 22.5 Å². The summed E-state index contributed by atoms with van der Waals surface area (Å²) < 4.78 is 114. The Balaban J connectivity index is 1.41. The van der Waals surface area contributed by atoms with Gasteiger partial charge in [-0.2, -0.15) is 23.1 Å². The molecule has 0 aliphatic carbocycles. The summed E-state index contributed by atoms with van der Waals surface area (Å²) in [7, 11) is 0. The first-order valence-electron chi connectivity index (χ1n) is 15.2. The van der Waals surface area contributed by atoms with E-state index >= 15 is 4.39 Å². The minimum Gasteiger partial charge on any atom is -0.472 e. The highest BCUT2D eigenvalue weighted by Gasteiger charge is 2.52. The predicted octanol–water partition coefficient (Wildman–Crippen LogP) is 5.08. The van der Waals surface area contributed by atoms with Gasteiger partial charge in [0.1, 0.15) is 40.9 Å². The Bertz CT molecular complexity index is 1710. The summed E-state index contributed by atoms with van der Waals surface area (Å²) in [4.78, 5) is 16.9. The van der Waals surface area contributed by atoms with Crippen LogP contribution in [0.2, 0.25) is 0 Å². The second-order valence-electron chi connectivity index (χ2n) is 12.5. The van der Waals surface area contributed by atoms with Gasteiger partial charge in [-0.15, -0.1) is 0 Å². The molecule has 46 heavy (non-hydrogen) atoms. The van der Waals surface area contributed by atoms with E-state index in [4.69, 9.17) is 15.2 Å². The van der Waals surface area contributed by atoms with Crippen LogP contribution in [0, 0.1) is 18.6 Å².